The van der Waals surface area contributed by atoms with Crippen molar-refractivity contribution in [2.75, 3.05) is 112 Å². The highest BCUT2D eigenvalue weighted by molar-refractivity contribution is 6.61. The lowest BCUT2D eigenvalue weighted by molar-refractivity contribution is -0.154. The van der Waals surface area contributed by atoms with Gasteiger partial charge in [0.25, 0.3) is 0 Å². The fourth-order valence-electron chi connectivity index (χ4n) is 10.8. The van der Waals surface area contributed by atoms with Gasteiger partial charge in [-0.15, -0.1) is 0 Å². The number of isocyanates is 1. The molecule has 0 spiro atoms. The highest BCUT2D eigenvalue weighted by Crippen LogP contribution is 2.27. The Kier molecular flexibility index (Phi) is 67.1. The number of aliphatic imine (C=N–C) groups is 1. The van der Waals surface area contributed by atoms with Crippen LogP contribution in [0, 0.1) is 11.8 Å². The van der Waals surface area contributed by atoms with Crippen LogP contribution in [0.15, 0.2) is 96.0 Å². The number of nitrogens with one attached hydrogen (secondary N) is 1. The summed E-state index contributed by atoms with van der Waals surface area (Å²) in [4.78, 5) is 70.6. The van der Waals surface area contributed by atoms with Crippen molar-refractivity contribution in [1.29, 1.82) is 0 Å². The lowest BCUT2D eigenvalue weighted by Crippen LogP contribution is -2.46. The van der Waals surface area contributed by atoms with Gasteiger partial charge in [-0.3, -0.25) is 19.2 Å². The summed E-state index contributed by atoms with van der Waals surface area (Å²) in [6.45, 7) is 39.5. The first-order valence-corrected chi connectivity index (χ1v) is 45.7. The fraction of sp³-hybridized carbons (Fsp3) is 0.688. The minimum atomic E-state index is -2.81. The van der Waals surface area contributed by atoms with Crippen molar-refractivity contribution in [2.45, 2.75) is 224 Å². The van der Waals surface area contributed by atoms with E-state index in [2.05, 4.69) is 60.1 Å². The molecule has 0 saturated heterocycles. The monoisotopic (exact) mass is 1570 g/mol. The normalized spacial score (nSPS) is 12.7. The van der Waals surface area contributed by atoms with Gasteiger partial charge in [-0.1, -0.05) is 126 Å². The number of hydrogen-bond acceptors (Lipinski definition) is 23. The third kappa shape index (κ3) is 49.7. The van der Waals surface area contributed by atoms with Crippen molar-refractivity contribution in [3.8, 4) is 0 Å². The number of hydrogen-bond donors (Lipinski definition) is 3. The largest absolute Gasteiger partial charge is 0.500 e. The molecule has 29 heteroatoms. The van der Waals surface area contributed by atoms with E-state index in [9.17, 15) is 33.9 Å². The van der Waals surface area contributed by atoms with Crippen LogP contribution < -0.4 is 5.32 Å². The van der Waals surface area contributed by atoms with Crippen LogP contribution in [-0.4, -0.2) is 194 Å². The van der Waals surface area contributed by atoms with Gasteiger partial charge in [-0.2, -0.15) is 0 Å². The molecule has 25 nitrogen and oxygen atoms in total. The molecule has 106 heavy (non-hydrogen) atoms. The van der Waals surface area contributed by atoms with Gasteiger partial charge in [0.2, 0.25) is 6.08 Å². The molecule has 0 saturated carbocycles. The third-order valence-corrected chi connectivity index (χ3v) is 28.4. The second-order valence-electron chi connectivity index (χ2n) is 23.9. The Morgan fingerprint density at radius 3 is 1.09 bits per heavy atom. The van der Waals surface area contributed by atoms with E-state index >= 15 is 0 Å². The first-order chi connectivity index (χ1) is 50.6. The molecule has 0 aromatic heterocycles. The minimum absolute atomic E-state index is 0. The number of carbonyl (C=O) groups excluding carboxylic acids is 5. The van der Waals surface area contributed by atoms with Crippen molar-refractivity contribution in [3.05, 3.63) is 108 Å². The first-order valence-electron chi connectivity index (χ1n) is 38.0. The number of aliphatic hydroxyl groups excluding tert-OH is 1. The van der Waals surface area contributed by atoms with Crippen LogP contribution in [0.4, 0.5) is 4.79 Å². The zero-order valence-corrected chi connectivity index (χ0v) is 70.5. The molecular formula is C77H138N2O23Si4. The first kappa shape index (κ1) is 105. The molecule has 3 aromatic carbocycles. The second kappa shape index (κ2) is 67.8. The van der Waals surface area contributed by atoms with Crippen LogP contribution in [0.1, 0.15) is 217 Å². The van der Waals surface area contributed by atoms with Crippen molar-refractivity contribution < 1.29 is 106 Å². The number of rotatable bonds is 56. The Bertz CT molecular complexity index is 2570. The number of aliphatic carboxylic acids is 1. The van der Waals surface area contributed by atoms with Gasteiger partial charge in [0.05, 0.1) is 38.0 Å². The van der Waals surface area contributed by atoms with Crippen LogP contribution in [-0.2, 0) is 91.3 Å². The molecule has 1 amide bonds. The number of carboxylic acid groups (broad SMARTS) is 1. The number of carbonyl (C=O) groups is 5. The Labute approximate surface area is 641 Å². The molecule has 0 aliphatic carbocycles. The molecule has 0 fully saturated rings. The Morgan fingerprint density at radius 1 is 0.453 bits per heavy atom. The van der Waals surface area contributed by atoms with Gasteiger partial charge in [0.1, 0.15) is 0 Å². The van der Waals surface area contributed by atoms with E-state index in [1.165, 1.54) is 22.8 Å². The number of aliphatic hydroxyl groups is 1. The van der Waals surface area contributed by atoms with Crippen molar-refractivity contribution >= 4 is 71.8 Å². The number of benzene rings is 3. The van der Waals surface area contributed by atoms with Crippen LogP contribution >= 0.6 is 0 Å². The van der Waals surface area contributed by atoms with E-state index < -0.39 is 59.0 Å². The maximum absolute atomic E-state index is 12.6. The summed E-state index contributed by atoms with van der Waals surface area (Å²) in [5.41, 5.74) is 3.75. The van der Waals surface area contributed by atoms with Crippen LogP contribution in [0.3, 0.4) is 0 Å². The molecule has 0 bridgehead atoms. The highest BCUT2D eigenvalue weighted by Gasteiger charge is 2.43. The van der Waals surface area contributed by atoms with E-state index in [0.29, 0.717) is 161 Å². The minimum Gasteiger partial charge on any atom is -0.481 e. The van der Waals surface area contributed by atoms with E-state index in [4.69, 9.17) is 67.7 Å². The topological polar surface area (TPSA) is 306 Å². The summed E-state index contributed by atoms with van der Waals surface area (Å²) in [5.74, 6) is -1.91. The second-order valence-corrected chi connectivity index (χ2v) is 34.8. The van der Waals surface area contributed by atoms with Gasteiger partial charge in [-0.25, -0.2) is 14.6 Å². The third-order valence-electron chi connectivity index (χ3n) is 15.8. The molecule has 3 rings (SSSR count). The van der Waals surface area contributed by atoms with Crippen LogP contribution in [0.5, 0.6) is 0 Å². The smallest absolute Gasteiger partial charge is 0.481 e. The molecule has 0 aliphatic rings. The number of esters is 2. The Morgan fingerprint density at radius 2 is 0.774 bits per heavy atom. The van der Waals surface area contributed by atoms with Crippen LogP contribution in [0.2, 0.25) is 24.2 Å². The van der Waals surface area contributed by atoms with Gasteiger partial charge in [-0.05, 0) is 175 Å². The molecule has 0 heterocycles. The number of carboxylic acids is 1. The van der Waals surface area contributed by atoms with Crippen LogP contribution in [0.25, 0.3) is 0 Å². The molecule has 0 radical (unpaired) electrons. The number of ether oxygens (including phenoxy) is 3. The fourth-order valence-corrected chi connectivity index (χ4v) is 21.3. The zero-order valence-electron chi connectivity index (χ0n) is 66.5. The van der Waals surface area contributed by atoms with E-state index in [0.717, 1.165) is 32.1 Å². The standard InChI is InChI=1S/C23H38O7Si.C20H35NO5Si.C13H26O6Si.C10H21NO4Si.C10H14O.CH4/c1-5-28-31(29-6-2,30-7-3)17-11-14-21(18-22(24)25)23(26)27-16-15-19(4)20-12-9-8-10-13-20;1-5-24-27(25-6-2,26-7-3)17-11-15-21-20(22)23-16-14-18(4)19-12-9-8-10-13-19;1-5-17-20(18-6-2,19-7-3)10-8-9-12(4)13(15)16-11-14;1-4-13-16(14-5-2,15-6-3)9-7-8-11-10-12;1-9(7-8-11)10-5-3-2-4-6-10;/h8-10,12-13,19,21H,5-7,11,14-18H2,1-4H3,(H,24,25);8-10,12-13,18H,5-7,11,14-17H2,1-4H3,(H,21,22);11-12H,5-10H2,1-4H3;4-9H2,1-3H3;2-6,9,11H,7-8H2,1H3;1H4. The zero-order chi connectivity index (χ0) is 78.9. The highest BCUT2D eigenvalue weighted by atomic mass is 28.4. The molecule has 5 atom stereocenters. The summed E-state index contributed by atoms with van der Waals surface area (Å²) >= 11 is 0. The van der Waals surface area contributed by atoms with Gasteiger partial charge in [0, 0.05) is 117 Å². The average Bonchev–Trinajstić information content (AvgIpc) is 0.826. The molecule has 610 valence electrons. The van der Waals surface area contributed by atoms with Crippen molar-refractivity contribution in [3.63, 3.8) is 0 Å². The van der Waals surface area contributed by atoms with Crippen molar-refractivity contribution in [2.24, 2.45) is 16.8 Å². The predicted octanol–water partition coefficient (Wildman–Crippen LogP) is 15.7. The molecule has 3 N–H and O–H groups in total. The van der Waals surface area contributed by atoms with E-state index in [1.54, 1.807) is 6.92 Å². The Balaban J connectivity index is -0.00000130. The predicted molar refractivity (Wildman–Crippen MR) is 422 cm³/mol. The summed E-state index contributed by atoms with van der Waals surface area (Å²) in [7, 11) is -10.6. The summed E-state index contributed by atoms with van der Waals surface area (Å²) in [6, 6.07) is 33.1. The SMILES string of the molecule is C.CC(CCO)c1ccccc1.CCO[Si](CCCC(C)C(=O)OC=O)(OCC)OCC.CCO[Si](CCCC(CC(=O)O)C(=O)OCCC(C)c1ccccc1)(OCC)OCC.CCO[Si](CCCN=C=O)(OCC)OCC.CCO[Si](CCCNC(=O)OCCC(C)c1ccccc1)(OCC)OCC. The lowest BCUT2D eigenvalue weighted by Gasteiger charge is -2.28. The molecule has 0 aliphatic heterocycles. The van der Waals surface area contributed by atoms with Gasteiger partial charge >= 0.3 is 65.7 Å². The maximum atomic E-state index is 12.6. The summed E-state index contributed by atoms with van der Waals surface area (Å²) in [6.07, 6.45) is 6.96. The quantitative estimate of drug-likeness (QED) is 0.00691. The molecule has 5 unspecified atom stereocenters. The van der Waals surface area contributed by atoms with E-state index in [-0.39, 0.29) is 51.5 Å². The number of amides is 1. The van der Waals surface area contributed by atoms with Gasteiger partial charge in [0.15, 0.2) is 0 Å². The maximum Gasteiger partial charge on any atom is 0.500 e. The molecule has 3 aromatic rings. The summed E-state index contributed by atoms with van der Waals surface area (Å²) < 4.78 is 84.0. The molecular weight excluding hydrogens is 1430 g/mol. The summed E-state index contributed by atoms with van der Waals surface area (Å²) in [5, 5.41) is 20.7. The van der Waals surface area contributed by atoms with E-state index in [1.807, 2.05) is 150 Å². The van der Waals surface area contributed by atoms with Crippen molar-refractivity contribution in [1.82, 2.24) is 5.32 Å². The lowest BCUT2D eigenvalue weighted by atomic mass is 9.98. The Hall–Kier alpha value is -5.26. The van der Waals surface area contributed by atoms with Gasteiger partial charge < -0.3 is 82.9 Å². The average molecular weight is 1570 g/mol. The number of alkyl carbamates (subject to hydrolysis) is 1. The number of nitrogens with zero attached hydrogens (tertiary/aromatic N) is 1.